The lowest BCUT2D eigenvalue weighted by Crippen LogP contribution is -2.40. The van der Waals surface area contributed by atoms with Gasteiger partial charge in [-0.1, -0.05) is 41.4 Å². The van der Waals surface area contributed by atoms with Gasteiger partial charge in [-0.05, 0) is 37.5 Å². The van der Waals surface area contributed by atoms with Crippen molar-refractivity contribution in [1.82, 2.24) is 5.32 Å². The summed E-state index contributed by atoms with van der Waals surface area (Å²) in [6.45, 7) is 4.09. The molecule has 0 fully saturated rings. The Morgan fingerprint density at radius 1 is 1.47 bits per heavy atom. The van der Waals surface area contributed by atoms with Gasteiger partial charge in [0.1, 0.15) is 0 Å². The van der Waals surface area contributed by atoms with Gasteiger partial charge in [0.15, 0.2) is 0 Å². The number of hydrogen-bond donors (Lipinski definition) is 2. The maximum absolute atomic E-state index is 11.7. The minimum atomic E-state index is -0.805. The van der Waals surface area contributed by atoms with E-state index in [0.29, 0.717) is 25.8 Å². The molecule has 3 nitrogen and oxygen atoms in total. The van der Waals surface area contributed by atoms with Crippen LogP contribution in [-0.4, -0.2) is 23.2 Å². The van der Waals surface area contributed by atoms with E-state index in [1.165, 1.54) is 0 Å². The summed E-state index contributed by atoms with van der Waals surface area (Å²) in [7, 11) is 0. The van der Waals surface area contributed by atoms with Crippen LogP contribution in [0.2, 0.25) is 0 Å². The molecule has 0 aliphatic rings. The Morgan fingerprint density at radius 3 is 2.84 bits per heavy atom. The molecule has 4 heteroatoms. The molecule has 0 saturated heterocycles. The number of benzene rings is 1. The number of carbonyl (C=O) groups excluding carboxylic acids is 1. The van der Waals surface area contributed by atoms with Crippen molar-refractivity contribution in [2.24, 2.45) is 0 Å². The molecule has 1 aromatic rings. The fourth-order valence-corrected chi connectivity index (χ4v) is 2.40. The molecule has 0 aromatic heterocycles. The number of aliphatic hydroxyl groups is 1. The van der Waals surface area contributed by atoms with Crippen LogP contribution in [0, 0.1) is 0 Å². The van der Waals surface area contributed by atoms with Gasteiger partial charge in [-0.15, -0.1) is 0 Å². The number of aryl methyl sites for hydroxylation is 1. The zero-order valence-corrected chi connectivity index (χ0v) is 13.2. The molecule has 0 radical (unpaired) electrons. The monoisotopic (exact) mass is 327 g/mol. The van der Waals surface area contributed by atoms with Crippen molar-refractivity contribution in [3.63, 3.8) is 0 Å². The largest absolute Gasteiger partial charge is 0.388 e. The minimum absolute atomic E-state index is 0.0173. The van der Waals surface area contributed by atoms with Crippen molar-refractivity contribution >= 4 is 21.8 Å². The lowest BCUT2D eigenvalue weighted by molar-refractivity contribution is -0.122. The average Bonchev–Trinajstić information content (AvgIpc) is 2.34. The SMILES string of the molecule is CCCC(C)(O)CNC(=O)CCc1cccc(Br)c1. The number of halogens is 1. The van der Waals surface area contributed by atoms with Crippen molar-refractivity contribution < 1.29 is 9.90 Å². The van der Waals surface area contributed by atoms with Gasteiger partial charge in [0.05, 0.1) is 5.60 Å². The first-order valence-corrected chi connectivity index (χ1v) is 7.46. The van der Waals surface area contributed by atoms with Gasteiger partial charge in [0, 0.05) is 17.4 Å². The number of nitrogens with one attached hydrogen (secondary N) is 1. The Kier molecular flexibility index (Phi) is 6.52. The molecule has 1 aromatic carbocycles. The fraction of sp³-hybridized carbons (Fsp3) is 0.533. The van der Waals surface area contributed by atoms with E-state index in [2.05, 4.69) is 21.2 Å². The van der Waals surface area contributed by atoms with Gasteiger partial charge >= 0.3 is 0 Å². The van der Waals surface area contributed by atoms with E-state index in [1.54, 1.807) is 6.92 Å². The summed E-state index contributed by atoms with van der Waals surface area (Å²) in [5.41, 5.74) is 0.324. The Balaban J connectivity index is 2.32. The van der Waals surface area contributed by atoms with E-state index in [1.807, 2.05) is 31.2 Å². The zero-order chi connectivity index (χ0) is 14.3. The van der Waals surface area contributed by atoms with Crippen molar-refractivity contribution in [3.05, 3.63) is 34.3 Å². The smallest absolute Gasteiger partial charge is 0.220 e. The summed E-state index contributed by atoms with van der Waals surface area (Å²) in [5.74, 6) is -0.0173. The van der Waals surface area contributed by atoms with Crippen molar-refractivity contribution in [3.8, 4) is 0 Å². The quantitative estimate of drug-likeness (QED) is 0.808. The molecule has 1 amide bonds. The highest BCUT2D eigenvalue weighted by molar-refractivity contribution is 9.10. The van der Waals surface area contributed by atoms with Crippen LogP contribution in [0.3, 0.4) is 0 Å². The second kappa shape index (κ2) is 7.65. The molecular formula is C15H22BrNO2. The van der Waals surface area contributed by atoms with Gasteiger partial charge in [0.2, 0.25) is 5.91 Å². The molecule has 1 atom stereocenters. The zero-order valence-electron chi connectivity index (χ0n) is 11.6. The predicted molar refractivity (Wildman–Crippen MR) is 81.0 cm³/mol. The molecule has 0 aliphatic carbocycles. The van der Waals surface area contributed by atoms with Gasteiger partial charge < -0.3 is 10.4 Å². The summed E-state index contributed by atoms with van der Waals surface area (Å²) in [6.07, 6.45) is 2.75. The van der Waals surface area contributed by atoms with Crippen LogP contribution in [0.15, 0.2) is 28.7 Å². The van der Waals surface area contributed by atoms with Crippen molar-refractivity contribution in [1.29, 1.82) is 0 Å². The average molecular weight is 328 g/mol. The molecule has 0 aliphatic heterocycles. The molecule has 1 unspecified atom stereocenters. The van der Waals surface area contributed by atoms with Crippen molar-refractivity contribution in [2.45, 2.75) is 45.1 Å². The van der Waals surface area contributed by atoms with Crippen molar-refractivity contribution in [2.75, 3.05) is 6.54 Å². The first kappa shape index (κ1) is 16.2. The standard InChI is InChI=1S/C15H22BrNO2/c1-3-9-15(2,19)11-17-14(18)8-7-12-5-4-6-13(16)10-12/h4-6,10,19H,3,7-9,11H2,1-2H3,(H,17,18). The first-order chi connectivity index (χ1) is 8.93. The maximum atomic E-state index is 11.7. The number of rotatable bonds is 7. The third-order valence-corrected chi connectivity index (χ3v) is 3.48. The Morgan fingerprint density at radius 2 is 2.21 bits per heavy atom. The second-order valence-electron chi connectivity index (χ2n) is 5.15. The first-order valence-electron chi connectivity index (χ1n) is 6.66. The van der Waals surface area contributed by atoms with Gasteiger partial charge in [-0.2, -0.15) is 0 Å². The Bertz CT molecular complexity index is 418. The maximum Gasteiger partial charge on any atom is 0.220 e. The molecule has 1 rings (SSSR count). The third kappa shape index (κ3) is 6.73. The third-order valence-electron chi connectivity index (χ3n) is 2.98. The molecule has 0 heterocycles. The van der Waals surface area contributed by atoms with Crippen LogP contribution in [0.1, 0.15) is 38.7 Å². The van der Waals surface area contributed by atoms with E-state index in [-0.39, 0.29) is 5.91 Å². The Labute approximate surface area is 123 Å². The molecule has 2 N–H and O–H groups in total. The van der Waals surface area contributed by atoms with Crippen LogP contribution in [0.4, 0.5) is 0 Å². The molecule has 106 valence electrons. The van der Waals surface area contributed by atoms with Crippen LogP contribution in [0.5, 0.6) is 0 Å². The van der Waals surface area contributed by atoms with E-state index in [4.69, 9.17) is 0 Å². The summed E-state index contributed by atoms with van der Waals surface area (Å²) in [6, 6.07) is 7.95. The number of hydrogen-bond acceptors (Lipinski definition) is 2. The van der Waals surface area contributed by atoms with Crippen LogP contribution in [0.25, 0.3) is 0 Å². The fourth-order valence-electron chi connectivity index (χ4n) is 1.95. The molecule has 19 heavy (non-hydrogen) atoms. The summed E-state index contributed by atoms with van der Waals surface area (Å²) in [5, 5.41) is 12.8. The normalized spacial score (nSPS) is 13.9. The lowest BCUT2D eigenvalue weighted by atomic mass is 10.0. The number of carbonyl (C=O) groups is 1. The lowest BCUT2D eigenvalue weighted by Gasteiger charge is -2.22. The van der Waals surface area contributed by atoms with Crippen LogP contribution < -0.4 is 5.32 Å². The van der Waals surface area contributed by atoms with Gasteiger partial charge in [0.25, 0.3) is 0 Å². The minimum Gasteiger partial charge on any atom is -0.388 e. The van der Waals surface area contributed by atoms with E-state index >= 15 is 0 Å². The van der Waals surface area contributed by atoms with Gasteiger partial charge in [-0.25, -0.2) is 0 Å². The summed E-state index contributed by atoms with van der Waals surface area (Å²) < 4.78 is 1.02. The predicted octanol–water partition coefficient (Wildman–Crippen LogP) is 3.05. The molecule has 0 saturated carbocycles. The molecular weight excluding hydrogens is 306 g/mol. The summed E-state index contributed by atoms with van der Waals surface area (Å²) >= 11 is 3.41. The highest BCUT2D eigenvalue weighted by Gasteiger charge is 2.19. The van der Waals surface area contributed by atoms with Crippen LogP contribution >= 0.6 is 15.9 Å². The van der Waals surface area contributed by atoms with E-state index < -0.39 is 5.60 Å². The van der Waals surface area contributed by atoms with Crippen LogP contribution in [-0.2, 0) is 11.2 Å². The summed E-state index contributed by atoms with van der Waals surface area (Å²) in [4.78, 5) is 11.7. The van der Waals surface area contributed by atoms with E-state index in [9.17, 15) is 9.90 Å². The highest BCUT2D eigenvalue weighted by atomic mass is 79.9. The topological polar surface area (TPSA) is 49.3 Å². The second-order valence-corrected chi connectivity index (χ2v) is 6.07. The van der Waals surface area contributed by atoms with E-state index in [0.717, 1.165) is 16.5 Å². The van der Waals surface area contributed by atoms with Gasteiger partial charge in [-0.3, -0.25) is 4.79 Å². The Hall–Kier alpha value is -0.870. The number of amides is 1. The highest BCUT2D eigenvalue weighted by Crippen LogP contribution is 2.13. The molecule has 0 bridgehead atoms. The molecule has 0 spiro atoms.